The van der Waals surface area contributed by atoms with Crippen LogP contribution in [0.1, 0.15) is 42.0 Å². The Kier molecular flexibility index (Phi) is 7.67. The molecule has 0 bridgehead atoms. The van der Waals surface area contributed by atoms with Gasteiger partial charge in [-0.3, -0.25) is 9.10 Å². The molecule has 34 heavy (non-hydrogen) atoms. The minimum Gasteiger partial charge on any atom is -0.495 e. The maximum absolute atomic E-state index is 13.9. The van der Waals surface area contributed by atoms with Crippen LogP contribution in [0.15, 0.2) is 65.6 Å². The van der Waals surface area contributed by atoms with Crippen LogP contribution in [-0.4, -0.2) is 28.0 Å². The number of aryl methyl sites for hydroxylation is 3. The Hall–Kier alpha value is -3.32. The highest BCUT2D eigenvalue weighted by Gasteiger charge is 2.30. The maximum Gasteiger partial charge on any atom is 0.268 e. The summed E-state index contributed by atoms with van der Waals surface area (Å²) in [5.74, 6) is 0.163. The number of sulfonamides is 1. The molecule has 0 atom stereocenters. The zero-order valence-electron chi connectivity index (χ0n) is 20.5. The van der Waals surface area contributed by atoms with Gasteiger partial charge in [0.25, 0.3) is 10.0 Å². The third kappa shape index (κ3) is 5.78. The Balaban J connectivity index is 2.01. The fraction of sp³-hybridized carbons (Fsp3) is 0.296. The first-order valence-electron chi connectivity index (χ1n) is 11.2. The van der Waals surface area contributed by atoms with E-state index in [0.717, 1.165) is 26.6 Å². The molecule has 0 aliphatic heterocycles. The van der Waals surface area contributed by atoms with Gasteiger partial charge in [0.1, 0.15) is 17.2 Å². The van der Waals surface area contributed by atoms with Crippen LogP contribution in [0, 0.1) is 20.8 Å². The summed E-state index contributed by atoms with van der Waals surface area (Å²) < 4.78 is 34.2. The van der Waals surface area contributed by atoms with Crippen molar-refractivity contribution < 1.29 is 17.9 Å². The van der Waals surface area contributed by atoms with Crippen LogP contribution in [0.5, 0.6) is 5.75 Å². The summed E-state index contributed by atoms with van der Waals surface area (Å²) >= 11 is 0. The Morgan fingerprint density at radius 1 is 0.912 bits per heavy atom. The average molecular weight is 481 g/mol. The number of amides is 1. The summed E-state index contributed by atoms with van der Waals surface area (Å²) in [5.41, 5.74) is 4.76. The molecule has 0 aliphatic rings. The molecule has 0 saturated heterocycles. The Morgan fingerprint density at radius 2 is 1.53 bits per heavy atom. The van der Waals surface area contributed by atoms with E-state index in [1.54, 1.807) is 30.3 Å². The Labute approximate surface area is 202 Å². The molecular formula is C27H32N2O4S. The second kappa shape index (κ2) is 10.3. The molecule has 180 valence electrons. The lowest BCUT2D eigenvalue weighted by atomic mass is 10.0. The molecule has 3 aromatic rings. The second-order valence-electron chi connectivity index (χ2n) is 8.84. The van der Waals surface area contributed by atoms with E-state index in [-0.39, 0.29) is 17.2 Å². The van der Waals surface area contributed by atoms with Gasteiger partial charge in [0.2, 0.25) is 5.91 Å². The van der Waals surface area contributed by atoms with E-state index in [0.29, 0.717) is 17.3 Å². The third-order valence-electron chi connectivity index (χ3n) is 5.53. The van der Waals surface area contributed by atoms with Gasteiger partial charge < -0.3 is 10.1 Å². The first-order chi connectivity index (χ1) is 16.0. The number of nitrogens with zero attached hydrogens (tertiary/aromatic N) is 1. The summed E-state index contributed by atoms with van der Waals surface area (Å²) in [5, 5.41) is 2.82. The molecule has 7 heteroatoms. The Morgan fingerprint density at radius 3 is 2.09 bits per heavy atom. The van der Waals surface area contributed by atoms with Crippen molar-refractivity contribution in [2.24, 2.45) is 0 Å². The van der Waals surface area contributed by atoms with E-state index in [1.165, 1.54) is 7.11 Å². The van der Waals surface area contributed by atoms with Crippen LogP contribution >= 0.6 is 0 Å². The standard InChI is InChI=1S/C27H32N2O4S/c1-18(2)22-8-10-23(11-9-22)28-27(30)17-29(24-14-20(4)13-21(5)15-24)34(31,32)26-16-19(3)7-12-25(26)33-6/h7-16,18H,17H2,1-6H3,(H,28,30). The van der Waals surface area contributed by atoms with Crippen LogP contribution in [-0.2, 0) is 14.8 Å². The number of nitrogens with one attached hydrogen (secondary N) is 1. The highest BCUT2D eigenvalue weighted by molar-refractivity contribution is 7.93. The van der Waals surface area contributed by atoms with Crippen molar-refractivity contribution in [2.45, 2.75) is 45.4 Å². The normalized spacial score (nSPS) is 11.4. The summed E-state index contributed by atoms with van der Waals surface area (Å²) in [6, 6.07) is 18.0. The lowest BCUT2D eigenvalue weighted by Crippen LogP contribution is -2.38. The molecule has 3 rings (SSSR count). The molecular weight excluding hydrogens is 448 g/mol. The van der Waals surface area contributed by atoms with Crippen LogP contribution < -0.4 is 14.4 Å². The van der Waals surface area contributed by atoms with Crippen molar-refractivity contribution >= 4 is 27.3 Å². The average Bonchev–Trinajstić information content (AvgIpc) is 2.77. The largest absolute Gasteiger partial charge is 0.495 e. The van der Waals surface area contributed by atoms with E-state index >= 15 is 0 Å². The number of carbonyl (C=O) groups excluding carboxylic acids is 1. The molecule has 0 saturated carbocycles. The van der Waals surface area contributed by atoms with Crippen LogP contribution in [0.3, 0.4) is 0 Å². The number of methoxy groups -OCH3 is 1. The number of ether oxygens (including phenoxy) is 1. The number of rotatable bonds is 8. The van der Waals surface area contributed by atoms with E-state index < -0.39 is 15.9 Å². The number of carbonyl (C=O) groups is 1. The van der Waals surface area contributed by atoms with Crippen molar-refractivity contribution in [3.63, 3.8) is 0 Å². The fourth-order valence-electron chi connectivity index (χ4n) is 3.80. The predicted molar refractivity (Wildman–Crippen MR) is 137 cm³/mol. The first-order valence-corrected chi connectivity index (χ1v) is 12.6. The van der Waals surface area contributed by atoms with Crippen molar-refractivity contribution in [3.8, 4) is 5.75 Å². The highest BCUT2D eigenvalue weighted by Crippen LogP contribution is 2.32. The van der Waals surface area contributed by atoms with E-state index in [2.05, 4.69) is 19.2 Å². The smallest absolute Gasteiger partial charge is 0.268 e. The van der Waals surface area contributed by atoms with Crippen LogP contribution in [0.2, 0.25) is 0 Å². The number of hydrogen-bond acceptors (Lipinski definition) is 4. The summed E-state index contributed by atoms with van der Waals surface area (Å²) in [6.07, 6.45) is 0. The summed E-state index contributed by atoms with van der Waals surface area (Å²) in [4.78, 5) is 13.1. The molecule has 0 spiro atoms. The van der Waals surface area contributed by atoms with Crippen LogP contribution in [0.25, 0.3) is 0 Å². The molecule has 0 heterocycles. The minimum atomic E-state index is -4.11. The van der Waals surface area contributed by atoms with E-state index in [4.69, 9.17) is 4.74 Å². The molecule has 3 aromatic carbocycles. The highest BCUT2D eigenvalue weighted by atomic mass is 32.2. The van der Waals surface area contributed by atoms with Crippen molar-refractivity contribution in [2.75, 3.05) is 23.3 Å². The molecule has 1 N–H and O–H groups in total. The van der Waals surface area contributed by atoms with Gasteiger partial charge in [0.15, 0.2) is 0 Å². The van der Waals surface area contributed by atoms with Gasteiger partial charge in [-0.25, -0.2) is 8.42 Å². The van der Waals surface area contributed by atoms with Crippen molar-refractivity contribution in [3.05, 3.63) is 82.9 Å². The SMILES string of the molecule is COc1ccc(C)cc1S(=O)(=O)N(CC(=O)Nc1ccc(C(C)C)cc1)c1cc(C)cc(C)c1. The van der Waals surface area contributed by atoms with Gasteiger partial charge in [-0.1, -0.05) is 38.1 Å². The summed E-state index contributed by atoms with van der Waals surface area (Å²) in [6.45, 7) is 9.41. The molecule has 1 amide bonds. The zero-order valence-corrected chi connectivity index (χ0v) is 21.4. The van der Waals surface area contributed by atoms with Gasteiger partial charge in [-0.15, -0.1) is 0 Å². The van der Waals surface area contributed by atoms with Gasteiger partial charge in [0, 0.05) is 5.69 Å². The predicted octanol–water partition coefficient (Wildman–Crippen LogP) is 5.58. The quantitative estimate of drug-likeness (QED) is 0.457. The Bertz CT molecular complexity index is 1260. The van der Waals surface area contributed by atoms with Gasteiger partial charge in [-0.2, -0.15) is 0 Å². The first kappa shape index (κ1) is 25.3. The zero-order chi connectivity index (χ0) is 25.0. The van der Waals surface area contributed by atoms with E-state index in [9.17, 15) is 13.2 Å². The third-order valence-corrected chi connectivity index (χ3v) is 7.32. The molecule has 6 nitrogen and oxygen atoms in total. The second-order valence-corrected chi connectivity index (χ2v) is 10.7. The minimum absolute atomic E-state index is 0.0169. The van der Waals surface area contributed by atoms with Gasteiger partial charge >= 0.3 is 0 Å². The molecule has 0 aromatic heterocycles. The monoisotopic (exact) mass is 480 g/mol. The molecule has 0 fully saturated rings. The van der Waals surface area contributed by atoms with Gasteiger partial charge in [0.05, 0.1) is 12.8 Å². The van der Waals surface area contributed by atoms with Crippen molar-refractivity contribution in [1.29, 1.82) is 0 Å². The van der Waals surface area contributed by atoms with Gasteiger partial charge in [-0.05, 0) is 85.3 Å². The topological polar surface area (TPSA) is 75.7 Å². The van der Waals surface area contributed by atoms with Crippen LogP contribution in [0.4, 0.5) is 11.4 Å². The molecule has 0 radical (unpaired) electrons. The maximum atomic E-state index is 13.9. The molecule has 0 unspecified atom stereocenters. The summed E-state index contributed by atoms with van der Waals surface area (Å²) in [7, 11) is -2.68. The lowest BCUT2D eigenvalue weighted by Gasteiger charge is -2.26. The number of benzene rings is 3. The fourth-order valence-corrected chi connectivity index (χ4v) is 5.44. The van der Waals surface area contributed by atoms with E-state index in [1.807, 2.05) is 51.1 Å². The number of anilines is 2. The number of hydrogen-bond donors (Lipinski definition) is 1. The molecule has 0 aliphatic carbocycles. The van der Waals surface area contributed by atoms with Crippen molar-refractivity contribution in [1.82, 2.24) is 0 Å². The lowest BCUT2D eigenvalue weighted by molar-refractivity contribution is -0.114.